The molecule has 0 bridgehead atoms. The van der Waals surface area contributed by atoms with Crippen molar-refractivity contribution in [2.24, 2.45) is 0 Å². The highest BCUT2D eigenvalue weighted by Gasteiger charge is 2.04. The Morgan fingerprint density at radius 2 is 1.29 bits per heavy atom. The molecule has 0 aliphatic rings. The van der Waals surface area contributed by atoms with E-state index in [0.29, 0.717) is 0 Å². The zero-order valence-electron chi connectivity index (χ0n) is 6.84. The molecule has 0 fully saturated rings. The van der Waals surface area contributed by atoms with Crippen LogP contribution in [0.4, 0.5) is 11.4 Å². The lowest BCUT2D eigenvalue weighted by Crippen LogP contribution is -2.08. The van der Waals surface area contributed by atoms with Crippen LogP contribution in [0.15, 0.2) is 24.3 Å². The molecule has 0 spiro atoms. The van der Waals surface area contributed by atoms with Crippen LogP contribution in [0.1, 0.15) is 0 Å². The molecule has 0 heterocycles. The van der Waals surface area contributed by atoms with E-state index >= 15 is 0 Å². The highest BCUT2D eigenvalue weighted by Crippen LogP contribution is 2.21. The Morgan fingerprint density at radius 1 is 0.929 bits per heavy atom. The van der Waals surface area contributed by atoms with Crippen molar-refractivity contribution in [2.75, 3.05) is 9.44 Å². The minimum atomic E-state index is -2.21. The number of anilines is 2. The molecule has 0 aromatic heterocycles. The Kier molecular flexibility index (Phi) is 4.01. The van der Waals surface area contributed by atoms with Gasteiger partial charge >= 0.3 is 0 Å². The molecule has 4 N–H and O–H groups in total. The average molecular weight is 236 g/mol. The lowest BCUT2D eigenvalue weighted by atomic mass is 10.3. The van der Waals surface area contributed by atoms with Gasteiger partial charge in [-0.3, -0.25) is 18.5 Å². The number of rotatable bonds is 4. The molecule has 2 atom stereocenters. The summed E-state index contributed by atoms with van der Waals surface area (Å²) in [5, 5.41) is 0. The summed E-state index contributed by atoms with van der Waals surface area (Å²) in [6.45, 7) is 0. The van der Waals surface area contributed by atoms with E-state index in [4.69, 9.17) is 9.11 Å². The Hall–Kier alpha value is -0.960. The molecule has 1 aromatic rings. The Morgan fingerprint density at radius 3 is 1.57 bits per heavy atom. The van der Waals surface area contributed by atoms with Crippen molar-refractivity contribution in [2.45, 2.75) is 0 Å². The van der Waals surface area contributed by atoms with E-state index in [0.717, 1.165) is 0 Å². The van der Waals surface area contributed by atoms with Crippen molar-refractivity contribution >= 4 is 33.9 Å². The third kappa shape index (κ3) is 3.42. The van der Waals surface area contributed by atoms with E-state index in [-0.39, 0.29) is 11.4 Å². The first-order valence-electron chi connectivity index (χ1n) is 3.43. The van der Waals surface area contributed by atoms with E-state index < -0.39 is 22.5 Å². The average Bonchev–Trinajstić information content (AvgIpc) is 2.06. The summed E-state index contributed by atoms with van der Waals surface area (Å²) < 4.78 is 42.4. The predicted octanol–water partition coefficient (Wildman–Crippen LogP) is 0.784. The van der Waals surface area contributed by atoms with E-state index in [2.05, 4.69) is 9.44 Å². The van der Waals surface area contributed by atoms with Crippen LogP contribution in [0, 0.1) is 0 Å². The highest BCUT2D eigenvalue weighted by molar-refractivity contribution is 7.81. The van der Waals surface area contributed by atoms with Crippen LogP contribution in [-0.4, -0.2) is 17.5 Å². The second kappa shape index (κ2) is 5.05. The smallest absolute Gasteiger partial charge is 0.259 e. The summed E-state index contributed by atoms with van der Waals surface area (Å²) in [5.74, 6) is 0. The van der Waals surface area contributed by atoms with Gasteiger partial charge in [-0.15, -0.1) is 0 Å². The molecule has 2 unspecified atom stereocenters. The predicted molar refractivity (Wildman–Crippen MR) is 55.2 cm³/mol. The summed E-state index contributed by atoms with van der Waals surface area (Å²) in [7, 11) is 0. The maximum atomic E-state index is 10.4. The highest BCUT2D eigenvalue weighted by atomic mass is 32.2. The van der Waals surface area contributed by atoms with E-state index in [1.165, 1.54) is 12.1 Å². The van der Waals surface area contributed by atoms with Crippen LogP contribution in [0.3, 0.4) is 0 Å². The van der Waals surface area contributed by atoms with Gasteiger partial charge in [0, 0.05) is 0 Å². The summed E-state index contributed by atoms with van der Waals surface area (Å²) in [5.41, 5.74) is 0.548. The van der Waals surface area contributed by atoms with Crippen LogP contribution in [0.5, 0.6) is 0 Å². The van der Waals surface area contributed by atoms with Crippen molar-refractivity contribution in [3.63, 3.8) is 0 Å². The Bertz CT molecular complexity index is 336. The van der Waals surface area contributed by atoms with Gasteiger partial charge in [0.15, 0.2) is 0 Å². The van der Waals surface area contributed by atoms with Crippen LogP contribution in [-0.2, 0) is 22.5 Å². The normalized spacial score (nSPS) is 14.4. The van der Waals surface area contributed by atoms with Gasteiger partial charge in [-0.05, 0) is 12.1 Å². The molecule has 0 amide bonds. The van der Waals surface area contributed by atoms with Gasteiger partial charge in [-0.25, -0.2) is 8.42 Å². The van der Waals surface area contributed by atoms with Crippen molar-refractivity contribution in [1.29, 1.82) is 0 Å². The molecular weight excluding hydrogens is 228 g/mol. The number of para-hydroxylation sites is 2. The fraction of sp³-hybridized carbons (Fsp3) is 0. The molecule has 78 valence electrons. The fourth-order valence-corrected chi connectivity index (χ4v) is 1.58. The second-order valence-corrected chi connectivity index (χ2v) is 3.65. The third-order valence-electron chi connectivity index (χ3n) is 1.32. The minimum Gasteiger partial charge on any atom is -0.289 e. The molecule has 6 nitrogen and oxygen atoms in total. The quantitative estimate of drug-likeness (QED) is 0.581. The SMILES string of the molecule is O=S(O)Nc1ccccc1NS(=O)O. The largest absolute Gasteiger partial charge is 0.289 e. The maximum absolute atomic E-state index is 10.4. The molecule has 8 heteroatoms. The second-order valence-electron chi connectivity index (χ2n) is 2.25. The molecule has 1 aromatic carbocycles. The maximum Gasteiger partial charge on any atom is 0.259 e. The monoisotopic (exact) mass is 236 g/mol. The topological polar surface area (TPSA) is 98.7 Å². The zero-order chi connectivity index (χ0) is 10.6. The Balaban J connectivity index is 2.90. The lowest BCUT2D eigenvalue weighted by Gasteiger charge is -2.07. The number of benzene rings is 1. The molecule has 0 saturated heterocycles. The fourth-order valence-electron chi connectivity index (χ4n) is 0.849. The zero-order valence-corrected chi connectivity index (χ0v) is 8.47. The van der Waals surface area contributed by atoms with Crippen LogP contribution >= 0.6 is 0 Å². The molecule has 0 radical (unpaired) electrons. The van der Waals surface area contributed by atoms with Gasteiger partial charge in [0.25, 0.3) is 22.5 Å². The minimum absolute atomic E-state index is 0.274. The molecular formula is C6H8N2O4S2. The van der Waals surface area contributed by atoms with E-state index in [1.54, 1.807) is 12.1 Å². The number of hydrogen-bond donors (Lipinski definition) is 4. The summed E-state index contributed by atoms with van der Waals surface area (Å²) in [6.07, 6.45) is 0. The van der Waals surface area contributed by atoms with Crippen molar-refractivity contribution in [1.82, 2.24) is 0 Å². The standard InChI is InChI=1S/C6H8N2O4S2/c9-13(10)7-5-3-1-2-4-6(5)8-14(11)12/h1-4,7-8H,(H,9,10)(H,11,12). The van der Waals surface area contributed by atoms with Gasteiger partial charge in [-0.1, -0.05) is 12.1 Å². The van der Waals surface area contributed by atoms with E-state index in [1.807, 2.05) is 0 Å². The summed E-state index contributed by atoms with van der Waals surface area (Å²) in [4.78, 5) is 0. The van der Waals surface area contributed by atoms with Crippen LogP contribution in [0.2, 0.25) is 0 Å². The lowest BCUT2D eigenvalue weighted by molar-refractivity contribution is 0.568. The van der Waals surface area contributed by atoms with Gasteiger partial charge in [-0.2, -0.15) is 0 Å². The number of nitrogens with one attached hydrogen (secondary N) is 2. The molecule has 14 heavy (non-hydrogen) atoms. The Labute approximate surface area is 85.6 Å². The van der Waals surface area contributed by atoms with Gasteiger partial charge in [0.2, 0.25) is 0 Å². The summed E-state index contributed by atoms with van der Waals surface area (Å²) in [6, 6.07) is 6.26. The third-order valence-corrected chi connectivity index (χ3v) is 2.11. The van der Waals surface area contributed by atoms with Gasteiger partial charge in [0.1, 0.15) is 0 Å². The summed E-state index contributed by atoms with van der Waals surface area (Å²) >= 11 is -4.42. The van der Waals surface area contributed by atoms with Crippen LogP contribution in [0.25, 0.3) is 0 Å². The first-order valence-corrected chi connectivity index (χ1v) is 5.65. The van der Waals surface area contributed by atoms with E-state index in [9.17, 15) is 8.42 Å². The first kappa shape index (κ1) is 11.1. The van der Waals surface area contributed by atoms with Gasteiger partial charge in [0.05, 0.1) is 11.4 Å². The van der Waals surface area contributed by atoms with Crippen molar-refractivity contribution in [3.05, 3.63) is 24.3 Å². The van der Waals surface area contributed by atoms with Crippen molar-refractivity contribution in [3.8, 4) is 0 Å². The molecule has 1 rings (SSSR count). The molecule has 0 saturated carbocycles. The molecule has 0 aliphatic carbocycles. The first-order chi connectivity index (χ1) is 6.59. The van der Waals surface area contributed by atoms with Gasteiger partial charge < -0.3 is 0 Å². The van der Waals surface area contributed by atoms with Crippen LogP contribution < -0.4 is 9.44 Å². The number of hydrogen-bond acceptors (Lipinski definition) is 2. The van der Waals surface area contributed by atoms with Crippen molar-refractivity contribution < 1.29 is 17.5 Å². The molecule has 0 aliphatic heterocycles.